The molecular formula is C17H18ClN5O2S. The predicted molar refractivity (Wildman–Crippen MR) is 100 cm³/mol. The fraction of sp³-hybridized carbons (Fsp3) is 0.235. The van der Waals surface area contributed by atoms with E-state index in [1.807, 2.05) is 30.3 Å². The van der Waals surface area contributed by atoms with Crippen molar-refractivity contribution in [1.29, 1.82) is 0 Å². The number of sulfonamides is 1. The van der Waals surface area contributed by atoms with Crippen LogP contribution in [0.4, 0.5) is 0 Å². The molecule has 0 spiro atoms. The third-order valence-corrected chi connectivity index (χ3v) is 6.12. The molecular weight excluding hydrogens is 374 g/mol. The number of hydrogen-bond acceptors (Lipinski definition) is 5. The number of nitrogens with one attached hydrogen (secondary N) is 1. The molecule has 0 aliphatic rings. The summed E-state index contributed by atoms with van der Waals surface area (Å²) in [6, 6.07) is 9.42. The summed E-state index contributed by atoms with van der Waals surface area (Å²) < 4.78 is 29.1. The molecule has 0 saturated carbocycles. The molecule has 26 heavy (non-hydrogen) atoms. The van der Waals surface area contributed by atoms with Crippen molar-refractivity contribution in [1.82, 2.24) is 24.5 Å². The van der Waals surface area contributed by atoms with E-state index in [0.29, 0.717) is 22.8 Å². The van der Waals surface area contributed by atoms with Crippen LogP contribution in [0.3, 0.4) is 0 Å². The molecule has 0 radical (unpaired) electrons. The molecule has 0 amide bonds. The number of halogens is 1. The molecule has 0 saturated heterocycles. The molecule has 1 N–H and O–H groups in total. The molecule has 0 aliphatic heterocycles. The van der Waals surface area contributed by atoms with Gasteiger partial charge in [-0.25, -0.2) is 27.8 Å². The lowest BCUT2D eigenvalue weighted by Gasteiger charge is -2.14. The molecule has 1 aromatic carbocycles. The van der Waals surface area contributed by atoms with Gasteiger partial charge in [-0.2, -0.15) is 5.10 Å². The minimum atomic E-state index is -3.77. The number of pyridine rings is 1. The van der Waals surface area contributed by atoms with Crippen molar-refractivity contribution < 1.29 is 8.42 Å². The molecule has 0 unspecified atom stereocenters. The van der Waals surface area contributed by atoms with Gasteiger partial charge in [0.25, 0.3) is 0 Å². The first-order chi connectivity index (χ1) is 12.3. The van der Waals surface area contributed by atoms with Crippen molar-refractivity contribution in [2.75, 3.05) is 7.05 Å². The highest BCUT2D eigenvalue weighted by Crippen LogP contribution is 2.32. The van der Waals surface area contributed by atoms with Gasteiger partial charge in [0.05, 0.1) is 0 Å². The zero-order chi connectivity index (χ0) is 19.1. The molecule has 3 aromatic rings. The van der Waals surface area contributed by atoms with Gasteiger partial charge in [-0.15, -0.1) is 0 Å². The molecule has 0 bridgehead atoms. The van der Waals surface area contributed by atoms with Gasteiger partial charge in [0.15, 0.2) is 11.6 Å². The van der Waals surface area contributed by atoms with Crippen LogP contribution in [-0.2, 0) is 17.1 Å². The van der Waals surface area contributed by atoms with Gasteiger partial charge in [0, 0.05) is 12.6 Å². The highest BCUT2D eigenvalue weighted by Gasteiger charge is 2.27. The monoisotopic (exact) mass is 391 g/mol. The summed E-state index contributed by atoms with van der Waals surface area (Å²) in [5.41, 5.74) is 2.13. The van der Waals surface area contributed by atoms with Crippen LogP contribution >= 0.6 is 11.6 Å². The van der Waals surface area contributed by atoms with Crippen molar-refractivity contribution in [3.63, 3.8) is 0 Å². The fourth-order valence-corrected chi connectivity index (χ4v) is 4.00. The summed E-state index contributed by atoms with van der Waals surface area (Å²) >= 11 is 6.23. The largest absolute Gasteiger partial charge is 0.247 e. The maximum Gasteiger partial charge on any atom is 0.242 e. The molecule has 0 aliphatic carbocycles. The van der Waals surface area contributed by atoms with E-state index in [1.54, 1.807) is 20.9 Å². The lowest BCUT2D eigenvalue weighted by Crippen LogP contribution is -2.22. The Morgan fingerprint density at radius 2 is 1.73 bits per heavy atom. The summed E-state index contributed by atoms with van der Waals surface area (Å²) in [7, 11) is -0.726. The molecule has 0 fully saturated rings. The van der Waals surface area contributed by atoms with Gasteiger partial charge in [-0.05, 0) is 32.0 Å². The zero-order valence-electron chi connectivity index (χ0n) is 14.8. The third kappa shape index (κ3) is 3.11. The Morgan fingerprint density at radius 1 is 1.08 bits per heavy atom. The maximum atomic E-state index is 12.6. The Morgan fingerprint density at radius 3 is 2.35 bits per heavy atom. The van der Waals surface area contributed by atoms with Gasteiger partial charge in [0.2, 0.25) is 10.0 Å². The number of hydrogen-bond donors (Lipinski definition) is 1. The first-order valence-electron chi connectivity index (χ1n) is 7.83. The van der Waals surface area contributed by atoms with E-state index in [2.05, 4.69) is 19.8 Å². The van der Waals surface area contributed by atoms with Crippen molar-refractivity contribution >= 4 is 21.6 Å². The lowest BCUT2D eigenvalue weighted by molar-refractivity contribution is 0.587. The minimum Gasteiger partial charge on any atom is -0.247 e. The Balaban J connectivity index is 2.30. The quantitative estimate of drug-likeness (QED) is 0.690. The average Bonchev–Trinajstić information content (AvgIpc) is 3.01. The molecule has 9 heteroatoms. The Labute approximate surface area is 157 Å². The minimum absolute atomic E-state index is 0.0528. The summed E-state index contributed by atoms with van der Waals surface area (Å²) in [6.45, 7) is 3.43. The molecule has 0 atom stereocenters. The van der Waals surface area contributed by atoms with Crippen LogP contribution in [0.5, 0.6) is 0 Å². The van der Waals surface area contributed by atoms with E-state index in [0.717, 1.165) is 5.56 Å². The van der Waals surface area contributed by atoms with E-state index >= 15 is 0 Å². The van der Waals surface area contributed by atoms with Gasteiger partial charge in [-0.1, -0.05) is 41.9 Å². The van der Waals surface area contributed by atoms with Crippen LogP contribution in [0.25, 0.3) is 22.9 Å². The molecule has 3 rings (SSSR count). The first kappa shape index (κ1) is 18.5. The maximum absolute atomic E-state index is 12.6. The number of rotatable bonds is 4. The van der Waals surface area contributed by atoms with Crippen molar-refractivity contribution in [2.45, 2.75) is 18.7 Å². The van der Waals surface area contributed by atoms with Gasteiger partial charge in [-0.3, -0.25) is 0 Å². The van der Waals surface area contributed by atoms with Crippen LogP contribution in [0.1, 0.15) is 11.1 Å². The Hall–Kier alpha value is -2.29. The van der Waals surface area contributed by atoms with Crippen LogP contribution in [0.15, 0.2) is 35.2 Å². The van der Waals surface area contributed by atoms with Crippen LogP contribution in [0, 0.1) is 13.8 Å². The van der Waals surface area contributed by atoms with Crippen LogP contribution in [0.2, 0.25) is 5.15 Å². The topological polar surface area (TPSA) is 89.8 Å². The van der Waals surface area contributed by atoms with Crippen LogP contribution < -0.4 is 4.72 Å². The van der Waals surface area contributed by atoms with E-state index < -0.39 is 10.0 Å². The second-order valence-corrected chi connectivity index (χ2v) is 7.97. The zero-order valence-corrected chi connectivity index (χ0v) is 16.4. The highest BCUT2D eigenvalue weighted by atomic mass is 35.5. The van der Waals surface area contributed by atoms with E-state index in [9.17, 15) is 8.42 Å². The summed E-state index contributed by atoms with van der Waals surface area (Å²) in [6.07, 6.45) is 0. The molecule has 2 heterocycles. The SMILES string of the molecule is CNS(=O)(=O)c1c(-c2nc(-c3ccccc3)nn2C)nc(Cl)c(C)c1C. The van der Waals surface area contributed by atoms with Gasteiger partial charge in [0.1, 0.15) is 15.7 Å². The van der Waals surface area contributed by atoms with Crippen molar-refractivity contribution in [3.8, 4) is 22.9 Å². The van der Waals surface area contributed by atoms with E-state index in [1.165, 1.54) is 11.7 Å². The Bertz CT molecular complexity index is 1080. The number of benzene rings is 1. The molecule has 136 valence electrons. The highest BCUT2D eigenvalue weighted by molar-refractivity contribution is 7.89. The number of aryl methyl sites for hydroxylation is 1. The van der Waals surface area contributed by atoms with Crippen molar-refractivity contribution in [2.24, 2.45) is 7.05 Å². The second kappa shape index (κ2) is 6.79. The summed E-state index contributed by atoms with van der Waals surface area (Å²) in [4.78, 5) is 8.87. The normalized spacial score (nSPS) is 11.7. The van der Waals surface area contributed by atoms with Gasteiger partial charge < -0.3 is 0 Å². The third-order valence-electron chi connectivity index (χ3n) is 4.18. The standard InChI is InChI=1S/C17H18ClN5O2S/c1-10-11(2)15(18)20-13(14(10)26(24,25)19-3)17-21-16(22-23(17)4)12-8-6-5-7-9-12/h5-9,19H,1-4H3. The van der Waals surface area contributed by atoms with E-state index in [4.69, 9.17) is 11.6 Å². The van der Waals surface area contributed by atoms with Gasteiger partial charge >= 0.3 is 0 Å². The van der Waals surface area contributed by atoms with Crippen LogP contribution in [-0.4, -0.2) is 35.2 Å². The number of nitrogens with zero attached hydrogens (tertiary/aromatic N) is 4. The number of aromatic nitrogens is 4. The molecule has 7 nitrogen and oxygen atoms in total. The van der Waals surface area contributed by atoms with E-state index in [-0.39, 0.29) is 15.7 Å². The predicted octanol–water partition coefficient (Wildman–Crippen LogP) is 2.72. The molecule has 2 aromatic heterocycles. The second-order valence-electron chi connectivity index (χ2n) is 5.79. The first-order valence-corrected chi connectivity index (χ1v) is 9.69. The smallest absolute Gasteiger partial charge is 0.242 e. The summed E-state index contributed by atoms with van der Waals surface area (Å²) in [5.74, 6) is 0.801. The average molecular weight is 392 g/mol. The lowest BCUT2D eigenvalue weighted by atomic mass is 10.1. The fourth-order valence-electron chi connectivity index (χ4n) is 2.62. The Kier molecular flexibility index (Phi) is 4.83. The van der Waals surface area contributed by atoms with Crippen molar-refractivity contribution in [3.05, 3.63) is 46.6 Å². The summed E-state index contributed by atoms with van der Waals surface area (Å²) in [5, 5.41) is 4.63.